The molecule has 3 atom stereocenters. The number of amides is 1. The van der Waals surface area contributed by atoms with Crippen LogP contribution in [0, 0.1) is 5.92 Å². The molecule has 2 fully saturated rings. The second-order valence-corrected chi connectivity index (χ2v) is 5.56. The fourth-order valence-electron chi connectivity index (χ4n) is 2.87. The van der Waals surface area contributed by atoms with Crippen molar-refractivity contribution in [2.45, 2.75) is 45.2 Å². The SMILES string of the molecule is CCC(C)C1NCN(CC2CCCN2C)C1=O. The van der Waals surface area contributed by atoms with E-state index in [2.05, 4.69) is 31.1 Å². The molecule has 0 spiro atoms. The molecule has 2 aliphatic heterocycles. The van der Waals surface area contributed by atoms with Crippen molar-refractivity contribution in [2.24, 2.45) is 5.92 Å². The number of rotatable bonds is 4. The normalized spacial score (nSPS) is 32.4. The van der Waals surface area contributed by atoms with E-state index in [1.165, 1.54) is 19.4 Å². The van der Waals surface area contributed by atoms with Gasteiger partial charge in [0, 0.05) is 12.6 Å². The largest absolute Gasteiger partial charge is 0.327 e. The van der Waals surface area contributed by atoms with Gasteiger partial charge in [-0.25, -0.2) is 0 Å². The maximum absolute atomic E-state index is 12.2. The standard InChI is InChI=1S/C13H25N3O/c1-4-10(2)12-13(17)16(9-14-12)8-11-6-5-7-15(11)3/h10-12,14H,4-9H2,1-3H3. The molecule has 2 saturated heterocycles. The lowest BCUT2D eigenvalue weighted by molar-refractivity contribution is -0.130. The molecule has 0 saturated carbocycles. The highest BCUT2D eigenvalue weighted by Crippen LogP contribution is 2.20. The van der Waals surface area contributed by atoms with Gasteiger partial charge in [-0.15, -0.1) is 0 Å². The average molecular weight is 239 g/mol. The minimum atomic E-state index is 0.0479. The summed E-state index contributed by atoms with van der Waals surface area (Å²) in [7, 11) is 2.16. The molecular weight excluding hydrogens is 214 g/mol. The van der Waals surface area contributed by atoms with Crippen LogP contribution in [0.15, 0.2) is 0 Å². The zero-order chi connectivity index (χ0) is 12.4. The van der Waals surface area contributed by atoms with Gasteiger partial charge in [-0.2, -0.15) is 0 Å². The molecule has 3 unspecified atom stereocenters. The summed E-state index contributed by atoms with van der Waals surface area (Å²) in [5, 5.41) is 3.35. The van der Waals surface area contributed by atoms with E-state index in [0.29, 0.717) is 17.9 Å². The number of carbonyl (C=O) groups excluding carboxylic acids is 1. The van der Waals surface area contributed by atoms with Crippen LogP contribution in [0.4, 0.5) is 0 Å². The van der Waals surface area contributed by atoms with E-state index >= 15 is 0 Å². The Kier molecular flexibility index (Phi) is 4.05. The number of likely N-dealkylation sites (tertiary alicyclic amines) is 1. The first-order valence-corrected chi connectivity index (χ1v) is 6.86. The summed E-state index contributed by atoms with van der Waals surface area (Å²) in [5.41, 5.74) is 0. The number of hydrogen-bond donors (Lipinski definition) is 1. The number of carbonyl (C=O) groups is 1. The Bertz CT molecular complexity index is 282. The molecule has 4 nitrogen and oxygen atoms in total. The van der Waals surface area contributed by atoms with Crippen molar-refractivity contribution >= 4 is 5.91 Å². The van der Waals surface area contributed by atoms with Crippen LogP contribution >= 0.6 is 0 Å². The Labute approximate surface area is 104 Å². The Morgan fingerprint density at radius 2 is 2.29 bits per heavy atom. The van der Waals surface area contributed by atoms with Gasteiger partial charge in [0.05, 0.1) is 12.7 Å². The second-order valence-electron chi connectivity index (χ2n) is 5.56. The molecule has 17 heavy (non-hydrogen) atoms. The van der Waals surface area contributed by atoms with Crippen LogP contribution in [0.25, 0.3) is 0 Å². The lowest BCUT2D eigenvalue weighted by atomic mass is 9.99. The van der Waals surface area contributed by atoms with Crippen LogP contribution in [0.5, 0.6) is 0 Å². The molecule has 0 aliphatic carbocycles. The van der Waals surface area contributed by atoms with E-state index < -0.39 is 0 Å². The zero-order valence-electron chi connectivity index (χ0n) is 11.3. The maximum atomic E-state index is 12.2. The smallest absolute Gasteiger partial charge is 0.241 e. The first-order valence-electron chi connectivity index (χ1n) is 6.86. The monoisotopic (exact) mass is 239 g/mol. The highest BCUT2D eigenvalue weighted by atomic mass is 16.2. The summed E-state index contributed by atoms with van der Waals surface area (Å²) in [6.45, 7) is 7.11. The molecule has 4 heteroatoms. The summed E-state index contributed by atoms with van der Waals surface area (Å²) in [6, 6.07) is 0.614. The van der Waals surface area contributed by atoms with Crippen LogP contribution in [0.2, 0.25) is 0 Å². The lowest BCUT2D eigenvalue weighted by Crippen LogP contribution is -2.41. The molecular formula is C13H25N3O. The highest BCUT2D eigenvalue weighted by molar-refractivity contribution is 5.84. The summed E-state index contributed by atoms with van der Waals surface area (Å²) < 4.78 is 0. The van der Waals surface area contributed by atoms with Gasteiger partial charge in [0.2, 0.25) is 5.91 Å². The first-order chi connectivity index (χ1) is 8.13. The van der Waals surface area contributed by atoms with E-state index in [9.17, 15) is 4.79 Å². The van der Waals surface area contributed by atoms with Crippen molar-refractivity contribution in [2.75, 3.05) is 26.8 Å². The van der Waals surface area contributed by atoms with Gasteiger partial charge < -0.3 is 9.80 Å². The number of likely N-dealkylation sites (N-methyl/N-ethyl adjacent to an activating group) is 1. The minimum Gasteiger partial charge on any atom is -0.327 e. The molecule has 0 radical (unpaired) electrons. The molecule has 0 aromatic carbocycles. The van der Waals surface area contributed by atoms with Crippen LogP contribution < -0.4 is 5.32 Å². The molecule has 2 rings (SSSR count). The highest BCUT2D eigenvalue weighted by Gasteiger charge is 2.36. The van der Waals surface area contributed by atoms with Gasteiger partial charge in [-0.3, -0.25) is 10.1 Å². The third kappa shape index (κ3) is 2.63. The Hall–Kier alpha value is -0.610. The molecule has 2 aliphatic rings. The third-order valence-corrected chi connectivity index (χ3v) is 4.40. The van der Waals surface area contributed by atoms with Crippen molar-refractivity contribution < 1.29 is 4.79 Å². The van der Waals surface area contributed by atoms with E-state index in [4.69, 9.17) is 0 Å². The van der Waals surface area contributed by atoms with Crippen LogP contribution in [-0.2, 0) is 4.79 Å². The molecule has 1 N–H and O–H groups in total. The van der Waals surface area contributed by atoms with Gasteiger partial charge in [-0.1, -0.05) is 20.3 Å². The van der Waals surface area contributed by atoms with E-state index in [1.54, 1.807) is 0 Å². The summed E-state index contributed by atoms with van der Waals surface area (Å²) in [6.07, 6.45) is 3.56. The quantitative estimate of drug-likeness (QED) is 0.791. The van der Waals surface area contributed by atoms with Gasteiger partial charge in [0.25, 0.3) is 0 Å². The summed E-state index contributed by atoms with van der Waals surface area (Å²) in [5.74, 6) is 0.744. The van der Waals surface area contributed by atoms with Crippen LogP contribution in [-0.4, -0.2) is 54.6 Å². The van der Waals surface area contributed by atoms with Gasteiger partial charge in [-0.05, 0) is 32.4 Å². The Morgan fingerprint density at radius 1 is 1.53 bits per heavy atom. The average Bonchev–Trinajstić information content (AvgIpc) is 2.87. The van der Waals surface area contributed by atoms with Gasteiger partial charge in [0.1, 0.15) is 0 Å². The van der Waals surface area contributed by atoms with E-state index in [1.807, 2.05) is 4.90 Å². The van der Waals surface area contributed by atoms with Crippen molar-refractivity contribution in [3.05, 3.63) is 0 Å². The lowest BCUT2D eigenvalue weighted by Gasteiger charge is -2.25. The maximum Gasteiger partial charge on any atom is 0.241 e. The molecule has 2 heterocycles. The molecule has 0 aromatic heterocycles. The molecule has 1 amide bonds. The third-order valence-electron chi connectivity index (χ3n) is 4.40. The zero-order valence-corrected chi connectivity index (χ0v) is 11.3. The Morgan fingerprint density at radius 3 is 2.88 bits per heavy atom. The second kappa shape index (κ2) is 5.36. The topological polar surface area (TPSA) is 35.6 Å². The molecule has 0 bridgehead atoms. The molecule has 98 valence electrons. The predicted molar refractivity (Wildman–Crippen MR) is 68.6 cm³/mol. The summed E-state index contributed by atoms with van der Waals surface area (Å²) in [4.78, 5) is 16.6. The Balaban J connectivity index is 1.89. The number of nitrogens with zero attached hydrogens (tertiary/aromatic N) is 2. The summed E-state index contributed by atoms with van der Waals surface area (Å²) >= 11 is 0. The minimum absolute atomic E-state index is 0.0479. The number of nitrogens with one attached hydrogen (secondary N) is 1. The fourth-order valence-corrected chi connectivity index (χ4v) is 2.87. The van der Waals surface area contributed by atoms with E-state index in [-0.39, 0.29) is 6.04 Å². The van der Waals surface area contributed by atoms with Crippen molar-refractivity contribution in [1.29, 1.82) is 0 Å². The number of hydrogen-bond acceptors (Lipinski definition) is 3. The van der Waals surface area contributed by atoms with Crippen LogP contribution in [0.1, 0.15) is 33.1 Å². The molecule has 0 aromatic rings. The van der Waals surface area contributed by atoms with Gasteiger partial charge >= 0.3 is 0 Å². The first kappa shape index (κ1) is 12.8. The fraction of sp³-hybridized carbons (Fsp3) is 0.923. The van der Waals surface area contributed by atoms with Crippen molar-refractivity contribution in [3.63, 3.8) is 0 Å². The van der Waals surface area contributed by atoms with Crippen molar-refractivity contribution in [3.8, 4) is 0 Å². The van der Waals surface area contributed by atoms with Gasteiger partial charge in [0.15, 0.2) is 0 Å². The van der Waals surface area contributed by atoms with E-state index in [0.717, 1.165) is 19.6 Å². The van der Waals surface area contributed by atoms with Crippen molar-refractivity contribution in [1.82, 2.24) is 15.1 Å². The predicted octanol–water partition coefficient (Wildman–Crippen LogP) is 0.885. The van der Waals surface area contributed by atoms with Crippen LogP contribution in [0.3, 0.4) is 0 Å².